The highest BCUT2D eigenvalue weighted by molar-refractivity contribution is 6.07. The number of guanidine groups is 1. The van der Waals surface area contributed by atoms with Crippen molar-refractivity contribution in [3.63, 3.8) is 0 Å². The Balaban J connectivity index is 4.47. The average molecular weight is 244 g/mol. The number of carboxylic acid groups (broad SMARTS) is 1. The van der Waals surface area contributed by atoms with Crippen LogP contribution in [0.25, 0.3) is 0 Å². The van der Waals surface area contributed by atoms with Crippen LogP contribution in [0.1, 0.15) is 32.6 Å². The van der Waals surface area contributed by atoms with E-state index in [-0.39, 0.29) is 25.3 Å². The van der Waals surface area contributed by atoms with E-state index < -0.39 is 17.3 Å². The van der Waals surface area contributed by atoms with Crippen molar-refractivity contribution in [2.75, 3.05) is 6.54 Å². The number of hydrogen-bond acceptors (Lipinski definition) is 4. The number of carbonyl (C=O) groups is 2. The van der Waals surface area contributed by atoms with E-state index in [1.165, 1.54) is 0 Å². The lowest BCUT2D eigenvalue weighted by Gasteiger charge is -2.22. The van der Waals surface area contributed by atoms with Crippen molar-refractivity contribution in [2.24, 2.45) is 22.2 Å². The van der Waals surface area contributed by atoms with E-state index in [1.54, 1.807) is 6.92 Å². The molecule has 0 aliphatic carbocycles. The summed E-state index contributed by atoms with van der Waals surface area (Å²) in [5.41, 5.74) is 14.0. The summed E-state index contributed by atoms with van der Waals surface area (Å²) < 4.78 is 0. The number of nitrogens with two attached hydrogens (primary N) is 3. The smallest absolute Gasteiger partial charge is 0.331 e. The molecule has 0 fully saturated rings. The van der Waals surface area contributed by atoms with Crippen molar-refractivity contribution in [1.29, 1.82) is 0 Å². The summed E-state index contributed by atoms with van der Waals surface area (Å²) in [6.45, 7) is 2.05. The molecular weight excluding hydrogens is 224 g/mol. The first-order valence-electron chi connectivity index (χ1n) is 5.45. The third-order valence-corrected chi connectivity index (χ3v) is 2.38. The van der Waals surface area contributed by atoms with Gasteiger partial charge >= 0.3 is 5.97 Å². The van der Waals surface area contributed by atoms with Gasteiger partial charge in [0.05, 0.1) is 0 Å². The first-order chi connectivity index (χ1) is 7.84. The van der Waals surface area contributed by atoms with Crippen molar-refractivity contribution in [2.45, 2.75) is 38.1 Å². The molecule has 0 aliphatic rings. The van der Waals surface area contributed by atoms with Crippen LogP contribution in [-0.2, 0) is 9.59 Å². The molecule has 0 rings (SSSR count). The average Bonchev–Trinajstić information content (AvgIpc) is 2.23. The fourth-order valence-corrected chi connectivity index (χ4v) is 1.38. The maximum atomic E-state index is 11.6. The number of ketones is 1. The predicted molar refractivity (Wildman–Crippen MR) is 64.4 cm³/mol. The molecule has 0 spiro atoms. The third-order valence-electron chi connectivity index (χ3n) is 2.38. The zero-order valence-corrected chi connectivity index (χ0v) is 9.98. The van der Waals surface area contributed by atoms with E-state index in [2.05, 4.69) is 4.99 Å². The van der Waals surface area contributed by atoms with Crippen molar-refractivity contribution < 1.29 is 14.7 Å². The van der Waals surface area contributed by atoms with Crippen LogP contribution in [-0.4, -0.2) is 34.9 Å². The molecule has 1 atom stereocenters. The quantitative estimate of drug-likeness (QED) is 0.190. The molecule has 7 N–H and O–H groups in total. The number of carbonyl (C=O) groups excluding carboxylic acids is 1. The summed E-state index contributed by atoms with van der Waals surface area (Å²) in [6, 6.07) is 0. The molecule has 0 radical (unpaired) electrons. The summed E-state index contributed by atoms with van der Waals surface area (Å²) in [6.07, 6.45) is 1.10. The maximum absolute atomic E-state index is 11.6. The van der Waals surface area contributed by atoms with Crippen LogP contribution in [0.2, 0.25) is 0 Å². The van der Waals surface area contributed by atoms with Gasteiger partial charge in [0.2, 0.25) is 0 Å². The Hall–Kier alpha value is -1.63. The number of aliphatic carboxylic acids is 1. The molecule has 0 aromatic rings. The van der Waals surface area contributed by atoms with Crippen molar-refractivity contribution in [3.8, 4) is 0 Å². The van der Waals surface area contributed by atoms with E-state index >= 15 is 0 Å². The van der Waals surface area contributed by atoms with Crippen molar-refractivity contribution in [1.82, 2.24) is 0 Å². The standard InChI is InChI=1S/C10H20N4O3/c1-2-4-7(15)10(13,8(16)17)5-3-6-14-9(11)12/h2-6,13H2,1H3,(H,16,17)(H4,11,12,14)/t10-/m1/s1. The lowest BCUT2D eigenvalue weighted by atomic mass is 9.87. The molecule has 0 heterocycles. The minimum absolute atomic E-state index is 0.0257. The van der Waals surface area contributed by atoms with Gasteiger partial charge in [0.15, 0.2) is 17.3 Å². The number of rotatable bonds is 8. The summed E-state index contributed by atoms with van der Waals surface area (Å²) >= 11 is 0. The number of aliphatic imine (C=N–C) groups is 1. The topological polar surface area (TPSA) is 145 Å². The summed E-state index contributed by atoms with van der Waals surface area (Å²) in [7, 11) is 0. The van der Waals surface area contributed by atoms with E-state index in [1.807, 2.05) is 0 Å². The SMILES string of the molecule is CCCC(=O)[C@](N)(CCCN=C(N)N)C(=O)O. The molecule has 0 unspecified atom stereocenters. The Morgan fingerprint density at radius 2 is 1.94 bits per heavy atom. The number of hydrogen-bond donors (Lipinski definition) is 4. The second-order valence-electron chi connectivity index (χ2n) is 3.86. The fourth-order valence-electron chi connectivity index (χ4n) is 1.38. The predicted octanol–water partition coefficient (Wildman–Crippen LogP) is -0.809. The Morgan fingerprint density at radius 3 is 2.35 bits per heavy atom. The summed E-state index contributed by atoms with van der Waals surface area (Å²) in [5.74, 6) is -1.83. The second-order valence-corrected chi connectivity index (χ2v) is 3.86. The number of nitrogens with zero attached hydrogens (tertiary/aromatic N) is 1. The van der Waals surface area contributed by atoms with Crippen molar-refractivity contribution in [3.05, 3.63) is 0 Å². The molecule has 0 aromatic heterocycles. The van der Waals surface area contributed by atoms with Gasteiger partial charge in [-0.3, -0.25) is 9.79 Å². The molecule has 0 aromatic carbocycles. The van der Waals surface area contributed by atoms with Gasteiger partial charge in [-0.05, 0) is 19.3 Å². The zero-order chi connectivity index (χ0) is 13.5. The van der Waals surface area contributed by atoms with Gasteiger partial charge in [0.25, 0.3) is 0 Å². The Kier molecular flexibility index (Phi) is 6.19. The molecule has 0 bridgehead atoms. The van der Waals surface area contributed by atoms with Crippen LogP contribution in [0.3, 0.4) is 0 Å². The van der Waals surface area contributed by atoms with E-state index in [9.17, 15) is 9.59 Å². The Morgan fingerprint density at radius 1 is 1.35 bits per heavy atom. The highest BCUT2D eigenvalue weighted by Crippen LogP contribution is 2.15. The molecule has 0 aliphatic heterocycles. The minimum atomic E-state index is -1.82. The molecule has 7 nitrogen and oxygen atoms in total. The Labute approximate surface area is 100 Å². The molecule has 7 heteroatoms. The van der Waals surface area contributed by atoms with Crippen molar-refractivity contribution >= 4 is 17.7 Å². The monoisotopic (exact) mass is 244 g/mol. The van der Waals surface area contributed by atoms with Gasteiger partial charge in [-0.25, -0.2) is 4.79 Å². The number of Topliss-reactive ketones (excluding diaryl/α,β-unsaturated/α-hetero) is 1. The lowest BCUT2D eigenvalue weighted by molar-refractivity contribution is -0.148. The maximum Gasteiger partial charge on any atom is 0.331 e. The molecule has 98 valence electrons. The van der Waals surface area contributed by atoms with Crippen LogP contribution in [0.4, 0.5) is 0 Å². The third kappa shape index (κ3) is 4.81. The first kappa shape index (κ1) is 15.4. The second kappa shape index (κ2) is 6.85. The number of carboxylic acids is 1. The normalized spacial score (nSPS) is 13.8. The highest BCUT2D eigenvalue weighted by atomic mass is 16.4. The van der Waals surface area contributed by atoms with Gasteiger partial charge < -0.3 is 22.3 Å². The van der Waals surface area contributed by atoms with Crippen LogP contribution < -0.4 is 17.2 Å². The molecule has 0 saturated carbocycles. The summed E-state index contributed by atoms with van der Waals surface area (Å²) in [5, 5.41) is 9.01. The largest absolute Gasteiger partial charge is 0.480 e. The van der Waals surface area contributed by atoms with E-state index in [4.69, 9.17) is 22.3 Å². The van der Waals surface area contributed by atoms with Gasteiger partial charge in [-0.2, -0.15) is 0 Å². The van der Waals surface area contributed by atoms with Crippen LogP contribution in [0, 0.1) is 0 Å². The van der Waals surface area contributed by atoms with Crippen LogP contribution >= 0.6 is 0 Å². The van der Waals surface area contributed by atoms with E-state index in [0.717, 1.165) is 0 Å². The van der Waals surface area contributed by atoms with Gasteiger partial charge in [0.1, 0.15) is 0 Å². The van der Waals surface area contributed by atoms with Crippen LogP contribution in [0.5, 0.6) is 0 Å². The van der Waals surface area contributed by atoms with Gasteiger partial charge in [-0.15, -0.1) is 0 Å². The van der Waals surface area contributed by atoms with E-state index in [0.29, 0.717) is 12.8 Å². The van der Waals surface area contributed by atoms with Gasteiger partial charge in [0, 0.05) is 13.0 Å². The Bertz CT molecular complexity index is 313. The van der Waals surface area contributed by atoms with Gasteiger partial charge in [-0.1, -0.05) is 6.92 Å². The highest BCUT2D eigenvalue weighted by Gasteiger charge is 2.40. The summed E-state index contributed by atoms with van der Waals surface area (Å²) in [4.78, 5) is 26.4. The zero-order valence-electron chi connectivity index (χ0n) is 9.98. The first-order valence-corrected chi connectivity index (χ1v) is 5.45. The lowest BCUT2D eigenvalue weighted by Crippen LogP contribution is -2.54. The molecular formula is C10H20N4O3. The molecule has 0 amide bonds. The minimum Gasteiger partial charge on any atom is -0.480 e. The fraction of sp³-hybridized carbons (Fsp3) is 0.700. The van der Waals surface area contributed by atoms with Crippen LogP contribution in [0.15, 0.2) is 4.99 Å². The molecule has 0 saturated heterocycles. The molecule has 17 heavy (non-hydrogen) atoms.